The van der Waals surface area contributed by atoms with Crippen LogP contribution in [0.1, 0.15) is 44.1 Å². The zero-order valence-electron chi connectivity index (χ0n) is 15.6. The van der Waals surface area contributed by atoms with Crippen LogP contribution in [0.2, 0.25) is 0 Å². The van der Waals surface area contributed by atoms with Crippen molar-refractivity contribution in [2.24, 2.45) is 17.8 Å². The lowest BCUT2D eigenvalue weighted by Gasteiger charge is -2.57. The summed E-state index contributed by atoms with van der Waals surface area (Å²) in [6.45, 7) is 3.61. The average Bonchev–Trinajstić information content (AvgIpc) is 2.62. The molecule has 6 rings (SSSR count). The van der Waals surface area contributed by atoms with Gasteiger partial charge in [-0.25, -0.2) is 0 Å². The smallest absolute Gasteiger partial charge is 0.238 e. The minimum Gasteiger partial charge on any atom is -0.379 e. The summed E-state index contributed by atoms with van der Waals surface area (Å²) < 4.78 is 5.34. The molecule has 1 aromatic rings. The molecule has 0 radical (unpaired) electrons. The molecular formula is C22H30N2O2. The molecule has 4 heteroatoms. The van der Waals surface area contributed by atoms with Gasteiger partial charge < -0.3 is 10.1 Å². The molecule has 0 unspecified atom stereocenters. The maximum atomic E-state index is 12.3. The summed E-state index contributed by atoms with van der Waals surface area (Å²) in [6, 6.07) is 8.81. The number of benzene rings is 1. The maximum absolute atomic E-state index is 12.3. The van der Waals surface area contributed by atoms with Crippen LogP contribution in [0, 0.1) is 17.8 Å². The van der Waals surface area contributed by atoms with Crippen molar-refractivity contribution < 1.29 is 9.53 Å². The van der Waals surface area contributed by atoms with Gasteiger partial charge >= 0.3 is 0 Å². The predicted octanol–water partition coefficient (Wildman–Crippen LogP) is 3.43. The molecule has 0 atom stereocenters. The fourth-order valence-corrected chi connectivity index (χ4v) is 6.53. The molecule has 1 N–H and O–H groups in total. The van der Waals surface area contributed by atoms with Crippen LogP contribution in [-0.2, 0) is 14.9 Å². The van der Waals surface area contributed by atoms with Crippen LogP contribution in [0.5, 0.6) is 0 Å². The second kappa shape index (κ2) is 6.65. The minimum atomic E-state index is 0.0782. The van der Waals surface area contributed by atoms with Gasteiger partial charge in [-0.05, 0) is 79.4 Å². The van der Waals surface area contributed by atoms with E-state index in [0.717, 1.165) is 49.7 Å². The van der Waals surface area contributed by atoms with E-state index in [1.807, 2.05) is 0 Å². The third kappa shape index (κ3) is 3.18. The number of hydrogen-bond acceptors (Lipinski definition) is 3. The van der Waals surface area contributed by atoms with Crippen LogP contribution in [0.15, 0.2) is 24.3 Å². The summed E-state index contributed by atoms with van der Waals surface area (Å²) in [6.07, 6.45) is 8.62. The number of carbonyl (C=O) groups is 1. The summed E-state index contributed by atoms with van der Waals surface area (Å²) in [4.78, 5) is 14.4. The third-order valence-electron chi connectivity index (χ3n) is 7.29. The van der Waals surface area contributed by atoms with E-state index in [0.29, 0.717) is 12.0 Å². The molecule has 0 spiro atoms. The van der Waals surface area contributed by atoms with Crippen molar-refractivity contribution in [3.63, 3.8) is 0 Å². The van der Waals surface area contributed by atoms with Gasteiger partial charge in [0, 0.05) is 18.8 Å². The van der Waals surface area contributed by atoms with Gasteiger partial charge in [0.2, 0.25) is 5.91 Å². The molecule has 4 bridgehead atoms. The molecular weight excluding hydrogens is 324 g/mol. The van der Waals surface area contributed by atoms with Crippen molar-refractivity contribution in [2.75, 3.05) is 38.2 Å². The van der Waals surface area contributed by atoms with Crippen LogP contribution >= 0.6 is 0 Å². The van der Waals surface area contributed by atoms with E-state index in [-0.39, 0.29) is 5.91 Å². The zero-order chi connectivity index (χ0) is 17.6. The lowest BCUT2D eigenvalue weighted by atomic mass is 9.48. The van der Waals surface area contributed by atoms with Crippen molar-refractivity contribution in [3.05, 3.63) is 29.8 Å². The van der Waals surface area contributed by atoms with E-state index < -0.39 is 0 Å². The molecule has 0 aromatic heterocycles. The Balaban J connectivity index is 1.24. The monoisotopic (exact) mass is 354 g/mol. The largest absolute Gasteiger partial charge is 0.379 e. The van der Waals surface area contributed by atoms with E-state index in [2.05, 4.69) is 34.5 Å². The fourth-order valence-electron chi connectivity index (χ4n) is 6.53. The number of nitrogens with one attached hydrogen (secondary N) is 1. The first-order chi connectivity index (χ1) is 12.7. The minimum absolute atomic E-state index is 0.0782. The SMILES string of the molecule is O=C(CN1CCOCC1)Nc1ccc(C23CC4CC(CC(C4)C2)C3)cc1. The van der Waals surface area contributed by atoms with Gasteiger partial charge in [-0.3, -0.25) is 9.69 Å². The molecule has 4 saturated carbocycles. The summed E-state index contributed by atoms with van der Waals surface area (Å²) >= 11 is 0. The first-order valence-electron chi connectivity index (χ1n) is 10.4. The Bertz CT molecular complexity index is 628. The second-order valence-corrected chi connectivity index (χ2v) is 9.21. The number of anilines is 1. The number of morpholine rings is 1. The molecule has 1 saturated heterocycles. The highest BCUT2D eigenvalue weighted by molar-refractivity contribution is 5.92. The van der Waals surface area contributed by atoms with E-state index in [1.54, 1.807) is 0 Å². The van der Waals surface area contributed by atoms with Gasteiger partial charge in [-0.2, -0.15) is 0 Å². The predicted molar refractivity (Wildman–Crippen MR) is 102 cm³/mol. The molecule has 5 aliphatic rings. The van der Waals surface area contributed by atoms with E-state index in [9.17, 15) is 4.79 Å². The van der Waals surface area contributed by atoms with E-state index in [1.165, 1.54) is 44.1 Å². The van der Waals surface area contributed by atoms with Crippen LogP contribution in [0.3, 0.4) is 0 Å². The molecule has 1 amide bonds. The lowest BCUT2D eigenvalue weighted by molar-refractivity contribution is -0.118. The van der Waals surface area contributed by atoms with Gasteiger partial charge in [0.05, 0.1) is 19.8 Å². The van der Waals surface area contributed by atoms with Crippen molar-refractivity contribution >= 4 is 11.6 Å². The summed E-state index contributed by atoms with van der Waals surface area (Å²) in [5, 5.41) is 3.07. The number of nitrogens with zero attached hydrogens (tertiary/aromatic N) is 1. The van der Waals surface area contributed by atoms with Crippen molar-refractivity contribution in [1.29, 1.82) is 0 Å². The van der Waals surface area contributed by atoms with E-state index in [4.69, 9.17) is 4.74 Å². The van der Waals surface area contributed by atoms with Gasteiger partial charge in [-0.1, -0.05) is 12.1 Å². The topological polar surface area (TPSA) is 41.6 Å². The first-order valence-corrected chi connectivity index (χ1v) is 10.4. The Kier molecular flexibility index (Phi) is 4.29. The van der Waals surface area contributed by atoms with Gasteiger partial charge in [0.25, 0.3) is 0 Å². The third-order valence-corrected chi connectivity index (χ3v) is 7.29. The van der Waals surface area contributed by atoms with E-state index >= 15 is 0 Å². The molecule has 140 valence electrons. The number of carbonyl (C=O) groups excluding carboxylic acids is 1. The maximum Gasteiger partial charge on any atom is 0.238 e. The van der Waals surface area contributed by atoms with Crippen LogP contribution < -0.4 is 5.32 Å². The van der Waals surface area contributed by atoms with Crippen molar-refractivity contribution in [3.8, 4) is 0 Å². The summed E-state index contributed by atoms with van der Waals surface area (Å²) in [5.74, 6) is 2.98. The standard InChI is InChI=1S/C22H30N2O2/c25-21(15-24-5-7-26-8-6-24)23-20-3-1-19(2-4-20)22-12-16-9-17(13-22)11-18(10-16)14-22/h1-4,16-18H,5-15H2,(H,23,25). The van der Waals surface area contributed by atoms with Crippen LogP contribution in [0.25, 0.3) is 0 Å². The number of amides is 1. The Morgan fingerprint density at radius 1 is 1.00 bits per heavy atom. The molecule has 26 heavy (non-hydrogen) atoms. The molecule has 4 nitrogen and oxygen atoms in total. The van der Waals surface area contributed by atoms with Gasteiger partial charge in [-0.15, -0.1) is 0 Å². The highest BCUT2D eigenvalue weighted by atomic mass is 16.5. The number of rotatable bonds is 4. The normalized spacial score (nSPS) is 36.2. The number of ether oxygens (including phenoxy) is 1. The molecule has 4 aliphatic carbocycles. The second-order valence-electron chi connectivity index (χ2n) is 9.21. The van der Waals surface area contributed by atoms with Crippen molar-refractivity contribution in [1.82, 2.24) is 4.90 Å². The zero-order valence-corrected chi connectivity index (χ0v) is 15.6. The summed E-state index contributed by atoms with van der Waals surface area (Å²) in [5.41, 5.74) is 2.88. The Labute approximate surface area is 156 Å². The lowest BCUT2D eigenvalue weighted by Crippen LogP contribution is -2.48. The molecule has 1 aromatic carbocycles. The van der Waals surface area contributed by atoms with Crippen LogP contribution in [-0.4, -0.2) is 43.7 Å². The Hall–Kier alpha value is -1.39. The molecule has 5 fully saturated rings. The molecule has 1 aliphatic heterocycles. The van der Waals surface area contributed by atoms with Crippen LogP contribution in [0.4, 0.5) is 5.69 Å². The average molecular weight is 354 g/mol. The summed E-state index contributed by atoms with van der Waals surface area (Å²) in [7, 11) is 0. The highest BCUT2D eigenvalue weighted by Crippen LogP contribution is 2.60. The van der Waals surface area contributed by atoms with Crippen molar-refractivity contribution in [2.45, 2.75) is 43.9 Å². The molecule has 1 heterocycles. The highest BCUT2D eigenvalue weighted by Gasteiger charge is 2.51. The van der Waals surface area contributed by atoms with Gasteiger partial charge in [0.1, 0.15) is 0 Å². The number of hydrogen-bond donors (Lipinski definition) is 1. The fraction of sp³-hybridized carbons (Fsp3) is 0.682. The van der Waals surface area contributed by atoms with Gasteiger partial charge in [0.15, 0.2) is 0 Å². The Morgan fingerprint density at radius 3 is 2.15 bits per heavy atom. The Morgan fingerprint density at radius 2 is 1.58 bits per heavy atom. The quantitative estimate of drug-likeness (QED) is 0.901. The first kappa shape index (κ1) is 16.8.